The molecule has 17 heavy (non-hydrogen) atoms. The van der Waals surface area contributed by atoms with Gasteiger partial charge in [0, 0.05) is 12.7 Å². The summed E-state index contributed by atoms with van der Waals surface area (Å²) in [6.07, 6.45) is 3.22. The normalized spacial score (nSPS) is 11.5. The van der Waals surface area contributed by atoms with E-state index in [1.54, 1.807) is 47.4 Å². The Bertz CT molecular complexity index is 551. The lowest BCUT2D eigenvalue weighted by Gasteiger charge is -2.06. The molecule has 0 unspecified atom stereocenters. The van der Waals surface area contributed by atoms with E-state index in [4.69, 9.17) is 0 Å². The number of hydrogen-bond acceptors (Lipinski definition) is 4. The SMILES string of the molecule is O=S(=O)(NCCn1ccnn1)c1ccccc1. The van der Waals surface area contributed by atoms with Crippen molar-refractivity contribution in [2.75, 3.05) is 6.54 Å². The quantitative estimate of drug-likeness (QED) is 0.828. The highest BCUT2D eigenvalue weighted by atomic mass is 32.2. The highest BCUT2D eigenvalue weighted by Crippen LogP contribution is 2.06. The summed E-state index contributed by atoms with van der Waals surface area (Å²) in [5.41, 5.74) is 0. The minimum absolute atomic E-state index is 0.263. The Balaban J connectivity index is 1.95. The summed E-state index contributed by atoms with van der Waals surface area (Å²) in [6.45, 7) is 0.729. The zero-order valence-electron chi connectivity index (χ0n) is 9.02. The first-order chi connectivity index (χ1) is 8.18. The van der Waals surface area contributed by atoms with E-state index < -0.39 is 10.0 Å². The molecule has 0 aliphatic rings. The van der Waals surface area contributed by atoms with Gasteiger partial charge in [0.05, 0.1) is 17.6 Å². The van der Waals surface area contributed by atoms with Gasteiger partial charge in [-0.05, 0) is 12.1 Å². The van der Waals surface area contributed by atoms with Crippen LogP contribution in [-0.2, 0) is 16.6 Å². The van der Waals surface area contributed by atoms with Gasteiger partial charge in [-0.25, -0.2) is 13.1 Å². The van der Waals surface area contributed by atoms with E-state index in [1.807, 2.05) is 0 Å². The molecule has 0 radical (unpaired) electrons. The maximum Gasteiger partial charge on any atom is 0.240 e. The van der Waals surface area contributed by atoms with Crippen molar-refractivity contribution >= 4 is 10.0 Å². The van der Waals surface area contributed by atoms with Crippen LogP contribution in [0.2, 0.25) is 0 Å². The smallest absolute Gasteiger partial charge is 0.240 e. The van der Waals surface area contributed by atoms with Crippen molar-refractivity contribution in [3.63, 3.8) is 0 Å². The van der Waals surface area contributed by atoms with Crippen LogP contribution in [0.3, 0.4) is 0 Å². The Labute approximate surface area is 99.3 Å². The van der Waals surface area contributed by atoms with Crippen molar-refractivity contribution in [1.82, 2.24) is 19.7 Å². The second kappa shape index (κ2) is 5.07. The zero-order chi connectivity index (χ0) is 12.1. The molecule has 0 fully saturated rings. The molecule has 0 saturated carbocycles. The Morgan fingerprint density at radius 1 is 1.24 bits per heavy atom. The third-order valence-corrected chi connectivity index (χ3v) is 3.64. The monoisotopic (exact) mass is 252 g/mol. The van der Waals surface area contributed by atoms with Gasteiger partial charge in [-0.2, -0.15) is 0 Å². The third-order valence-electron chi connectivity index (χ3n) is 2.16. The van der Waals surface area contributed by atoms with Gasteiger partial charge in [-0.15, -0.1) is 5.10 Å². The minimum Gasteiger partial charge on any atom is -0.251 e. The predicted octanol–water partition coefficient (Wildman–Crippen LogP) is 0.257. The molecule has 0 bridgehead atoms. The van der Waals surface area contributed by atoms with Crippen LogP contribution in [-0.4, -0.2) is 30.0 Å². The topological polar surface area (TPSA) is 76.9 Å². The van der Waals surface area contributed by atoms with Gasteiger partial charge in [0.25, 0.3) is 0 Å². The Hall–Kier alpha value is -1.73. The average molecular weight is 252 g/mol. The molecule has 1 N–H and O–H groups in total. The maximum absolute atomic E-state index is 11.8. The molecular formula is C10H12N4O2S. The molecule has 0 spiro atoms. The standard InChI is InChI=1S/C10H12N4O2S/c15-17(16,10-4-2-1-3-5-10)12-7-9-14-8-6-11-13-14/h1-6,8,12H,7,9H2. The number of nitrogens with one attached hydrogen (secondary N) is 1. The first-order valence-electron chi connectivity index (χ1n) is 5.07. The van der Waals surface area contributed by atoms with Gasteiger partial charge in [-0.1, -0.05) is 23.4 Å². The molecule has 0 atom stereocenters. The average Bonchev–Trinajstić information content (AvgIpc) is 2.83. The van der Waals surface area contributed by atoms with Crippen LogP contribution in [0, 0.1) is 0 Å². The number of nitrogens with zero attached hydrogens (tertiary/aromatic N) is 3. The summed E-state index contributed by atoms with van der Waals surface area (Å²) in [5.74, 6) is 0. The van der Waals surface area contributed by atoms with Crippen molar-refractivity contribution in [3.8, 4) is 0 Å². The highest BCUT2D eigenvalue weighted by molar-refractivity contribution is 7.89. The van der Waals surface area contributed by atoms with Crippen LogP contribution in [0.25, 0.3) is 0 Å². The van der Waals surface area contributed by atoms with Crippen molar-refractivity contribution in [3.05, 3.63) is 42.7 Å². The molecule has 2 rings (SSSR count). The van der Waals surface area contributed by atoms with Gasteiger partial charge in [0.15, 0.2) is 0 Å². The number of sulfonamides is 1. The lowest BCUT2D eigenvalue weighted by atomic mass is 10.4. The molecule has 7 heteroatoms. The molecule has 0 saturated heterocycles. The van der Waals surface area contributed by atoms with E-state index in [0.29, 0.717) is 6.54 Å². The molecule has 90 valence electrons. The number of hydrogen-bond donors (Lipinski definition) is 1. The highest BCUT2D eigenvalue weighted by Gasteiger charge is 2.11. The summed E-state index contributed by atoms with van der Waals surface area (Å²) in [6, 6.07) is 8.25. The molecule has 0 aliphatic carbocycles. The largest absolute Gasteiger partial charge is 0.251 e. The number of rotatable bonds is 5. The second-order valence-electron chi connectivity index (χ2n) is 3.38. The fourth-order valence-corrected chi connectivity index (χ4v) is 2.37. The Morgan fingerprint density at radius 3 is 2.65 bits per heavy atom. The van der Waals surface area contributed by atoms with E-state index in [-0.39, 0.29) is 11.4 Å². The van der Waals surface area contributed by atoms with Gasteiger partial charge in [0.2, 0.25) is 10.0 Å². The minimum atomic E-state index is -3.43. The second-order valence-corrected chi connectivity index (χ2v) is 5.14. The van der Waals surface area contributed by atoms with Crippen molar-refractivity contribution in [1.29, 1.82) is 0 Å². The van der Waals surface area contributed by atoms with Crippen molar-refractivity contribution < 1.29 is 8.42 Å². The predicted molar refractivity (Wildman–Crippen MR) is 61.7 cm³/mol. The van der Waals surface area contributed by atoms with E-state index >= 15 is 0 Å². The molecule has 1 aromatic heterocycles. The van der Waals surface area contributed by atoms with E-state index in [9.17, 15) is 8.42 Å². The van der Waals surface area contributed by atoms with E-state index in [0.717, 1.165) is 0 Å². The van der Waals surface area contributed by atoms with Crippen molar-refractivity contribution in [2.24, 2.45) is 0 Å². The van der Waals surface area contributed by atoms with E-state index in [2.05, 4.69) is 15.0 Å². The first-order valence-corrected chi connectivity index (χ1v) is 6.55. The first kappa shape index (κ1) is 11.7. The Morgan fingerprint density at radius 2 is 2.00 bits per heavy atom. The van der Waals surface area contributed by atoms with Gasteiger partial charge in [0.1, 0.15) is 0 Å². The number of aromatic nitrogens is 3. The van der Waals surface area contributed by atoms with Gasteiger partial charge < -0.3 is 0 Å². The molecule has 0 amide bonds. The fraction of sp³-hybridized carbons (Fsp3) is 0.200. The van der Waals surface area contributed by atoms with Crippen LogP contribution in [0.4, 0.5) is 0 Å². The fourth-order valence-electron chi connectivity index (χ4n) is 1.33. The molecule has 0 aliphatic heterocycles. The lowest BCUT2D eigenvalue weighted by Crippen LogP contribution is -2.27. The summed E-state index contributed by atoms with van der Waals surface area (Å²) in [7, 11) is -3.43. The zero-order valence-corrected chi connectivity index (χ0v) is 9.84. The molecule has 1 aromatic carbocycles. The summed E-state index contributed by atoms with van der Waals surface area (Å²) in [4.78, 5) is 0.263. The third kappa shape index (κ3) is 3.11. The van der Waals surface area contributed by atoms with Crippen LogP contribution in [0.5, 0.6) is 0 Å². The summed E-state index contributed by atoms with van der Waals surface area (Å²) >= 11 is 0. The molecule has 6 nitrogen and oxygen atoms in total. The Kier molecular flexibility index (Phi) is 3.50. The summed E-state index contributed by atoms with van der Waals surface area (Å²) in [5, 5.41) is 7.37. The van der Waals surface area contributed by atoms with Crippen molar-refractivity contribution in [2.45, 2.75) is 11.4 Å². The van der Waals surface area contributed by atoms with Crippen LogP contribution in [0.15, 0.2) is 47.6 Å². The van der Waals surface area contributed by atoms with E-state index in [1.165, 1.54) is 0 Å². The number of benzene rings is 1. The van der Waals surface area contributed by atoms with Gasteiger partial charge in [-0.3, -0.25) is 4.68 Å². The molecule has 2 aromatic rings. The lowest BCUT2D eigenvalue weighted by molar-refractivity contribution is 0.553. The van der Waals surface area contributed by atoms with Crippen LogP contribution in [0.1, 0.15) is 0 Å². The van der Waals surface area contributed by atoms with Gasteiger partial charge >= 0.3 is 0 Å². The molecular weight excluding hydrogens is 240 g/mol. The maximum atomic E-state index is 11.8. The van der Waals surface area contributed by atoms with Crippen LogP contribution < -0.4 is 4.72 Å². The van der Waals surface area contributed by atoms with Crippen LogP contribution >= 0.6 is 0 Å². The summed E-state index contributed by atoms with van der Waals surface area (Å²) < 4.78 is 27.7. The molecule has 1 heterocycles.